The molecule has 37 heavy (non-hydrogen) atoms. The second-order valence-corrected chi connectivity index (χ2v) is 11.1. The molecule has 1 saturated carbocycles. The molecule has 14 heteroatoms. The maximum absolute atomic E-state index is 13.6. The van der Waals surface area contributed by atoms with E-state index in [0.29, 0.717) is 24.7 Å². The zero-order valence-electron chi connectivity index (χ0n) is 20.0. The van der Waals surface area contributed by atoms with Crippen molar-refractivity contribution in [3.8, 4) is 5.75 Å². The molecule has 1 aliphatic heterocycles. The summed E-state index contributed by atoms with van der Waals surface area (Å²) in [5.74, 6) is 0.661. The van der Waals surface area contributed by atoms with Gasteiger partial charge in [0.1, 0.15) is 17.2 Å². The summed E-state index contributed by atoms with van der Waals surface area (Å²) < 4.78 is 77.7. The van der Waals surface area contributed by atoms with E-state index in [-0.39, 0.29) is 46.6 Å². The van der Waals surface area contributed by atoms with Gasteiger partial charge in [-0.2, -0.15) is 23.1 Å². The summed E-state index contributed by atoms with van der Waals surface area (Å²) in [4.78, 5) is 11.2. The third-order valence-electron chi connectivity index (χ3n) is 6.61. The van der Waals surface area contributed by atoms with Gasteiger partial charge in [-0.05, 0) is 30.9 Å². The van der Waals surface area contributed by atoms with E-state index in [0.717, 1.165) is 25.5 Å². The summed E-state index contributed by atoms with van der Waals surface area (Å²) in [6, 6.07) is 4.26. The van der Waals surface area contributed by atoms with Crippen molar-refractivity contribution in [2.45, 2.75) is 35.8 Å². The Morgan fingerprint density at radius 1 is 1.24 bits per heavy atom. The predicted molar refractivity (Wildman–Crippen MR) is 131 cm³/mol. The number of nitrogens with zero attached hydrogens (tertiary/aromatic N) is 2. The van der Waals surface area contributed by atoms with E-state index in [2.05, 4.69) is 30.9 Å². The molecule has 3 heterocycles. The molecule has 1 aliphatic carbocycles. The highest BCUT2D eigenvalue weighted by atomic mass is 32.2. The first-order valence-corrected chi connectivity index (χ1v) is 13.4. The van der Waals surface area contributed by atoms with Gasteiger partial charge in [0.05, 0.1) is 35.2 Å². The fourth-order valence-corrected chi connectivity index (χ4v) is 5.79. The van der Waals surface area contributed by atoms with Gasteiger partial charge in [-0.3, -0.25) is 0 Å². The molecule has 1 unspecified atom stereocenters. The Kier molecular flexibility index (Phi) is 6.89. The van der Waals surface area contributed by atoms with Crippen LogP contribution in [-0.4, -0.2) is 62.2 Å². The van der Waals surface area contributed by atoms with Crippen molar-refractivity contribution in [3.63, 3.8) is 0 Å². The van der Waals surface area contributed by atoms with Gasteiger partial charge in [0.2, 0.25) is 15.8 Å². The zero-order valence-corrected chi connectivity index (χ0v) is 20.8. The molecule has 0 radical (unpaired) electrons. The first kappa shape index (κ1) is 25.5. The molecule has 4 N–H and O–H groups in total. The molecule has 2 aliphatic rings. The van der Waals surface area contributed by atoms with Crippen LogP contribution in [0.2, 0.25) is 0 Å². The summed E-state index contributed by atoms with van der Waals surface area (Å²) in [6.07, 6.45) is -0.573. The Hall–Kier alpha value is -3.10. The summed E-state index contributed by atoms with van der Waals surface area (Å²) in [6.45, 7) is 1.53. The summed E-state index contributed by atoms with van der Waals surface area (Å²) in [5.41, 5.74) is -1.51. The van der Waals surface area contributed by atoms with E-state index in [1.54, 1.807) is 0 Å². The van der Waals surface area contributed by atoms with Crippen LogP contribution >= 0.6 is 0 Å². The number of hydrogen-bond donors (Lipinski definition) is 4. The minimum Gasteiger partial charge on any atom is -0.495 e. The number of halogens is 3. The minimum atomic E-state index is -4.58. The number of anilines is 3. The van der Waals surface area contributed by atoms with Crippen LogP contribution in [0.4, 0.5) is 30.6 Å². The number of nitrogens with one attached hydrogen (secondary N) is 4. The molecule has 1 saturated heterocycles. The molecule has 5 rings (SSSR count). The van der Waals surface area contributed by atoms with Gasteiger partial charge in [-0.25, -0.2) is 8.42 Å². The smallest absolute Gasteiger partial charge is 0.418 e. The first-order valence-electron chi connectivity index (χ1n) is 11.9. The van der Waals surface area contributed by atoms with Crippen LogP contribution in [0, 0.1) is 5.92 Å². The second kappa shape index (κ2) is 9.99. The Morgan fingerprint density at radius 2 is 2.05 bits per heavy atom. The highest BCUT2D eigenvalue weighted by Crippen LogP contribution is 2.39. The Balaban J connectivity index is 1.46. The summed E-state index contributed by atoms with van der Waals surface area (Å²) in [5, 5.41) is 8.88. The number of rotatable bonds is 8. The van der Waals surface area contributed by atoms with Crippen LogP contribution < -0.4 is 20.7 Å². The molecular formula is C23H27F3N6O4S. The largest absolute Gasteiger partial charge is 0.495 e. The third-order valence-corrected chi connectivity index (χ3v) is 8.51. The van der Waals surface area contributed by atoms with E-state index in [1.807, 2.05) is 0 Å². The SMILES string of the molecule is COc1cc(S(=O)(=O)C2CNCCO2)ccc1Nc1nc(NCC2CCC2)c2c(C(F)(F)F)c[nH]c2n1. The van der Waals surface area contributed by atoms with Gasteiger partial charge < -0.3 is 30.4 Å². The lowest BCUT2D eigenvalue weighted by Gasteiger charge is -2.26. The number of hydrogen-bond acceptors (Lipinski definition) is 9. The van der Waals surface area contributed by atoms with Crippen LogP contribution in [0.1, 0.15) is 24.8 Å². The number of fused-ring (bicyclic) bond motifs is 1. The number of alkyl halides is 3. The number of ether oxygens (including phenoxy) is 2. The van der Waals surface area contributed by atoms with Crippen molar-refractivity contribution < 1.29 is 31.1 Å². The standard InChI is InChI=1S/C23H27F3N6O4S/c1-35-17-9-14(37(33,34)18-12-27-7-8-36-18)5-6-16(17)30-22-31-20(28-10-13-3-2-4-13)19-15(23(24,25)26)11-29-21(19)32-22/h5-6,9,11,13,18,27H,2-4,7-8,10,12H2,1H3,(H3,28,29,30,31,32). The van der Waals surface area contributed by atoms with Crippen molar-refractivity contribution in [2.24, 2.45) is 5.92 Å². The lowest BCUT2D eigenvalue weighted by atomic mass is 9.85. The molecule has 2 aromatic heterocycles. The third kappa shape index (κ3) is 5.18. The van der Waals surface area contributed by atoms with Crippen molar-refractivity contribution in [1.29, 1.82) is 0 Å². The number of morpholine rings is 1. The van der Waals surface area contributed by atoms with Gasteiger partial charge in [0, 0.05) is 31.9 Å². The number of aromatic amines is 1. The summed E-state index contributed by atoms with van der Waals surface area (Å²) >= 11 is 0. The lowest BCUT2D eigenvalue weighted by molar-refractivity contribution is -0.136. The van der Waals surface area contributed by atoms with Crippen LogP contribution in [0.15, 0.2) is 29.3 Å². The Morgan fingerprint density at radius 3 is 2.70 bits per heavy atom. The van der Waals surface area contributed by atoms with Crippen molar-refractivity contribution >= 4 is 38.3 Å². The van der Waals surface area contributed by atoms with E-state index in [1.165, 1.54) is 25.3 Å². The van der Waals surface area contributed by atoms with Gasteiger partial charge in [0.15, 0.2) is 5.44 Å². The number of benzene rings is 1. The number of methoxy groups -OCH3 is 1. The average Bonchev–Trinajstić information content (AvgIpc) is 3.28. The predicted octanol–water partition coefficient (Wildman–Crippen LogP) is 3.66. The summed E-state index contributed by atoms with van der Waals surface area (Å²) in [7, 11) is -2.41. The quantitative estimate of drug-likeness (QED) is 0.338. The highest BCUT2D eigenvalue weighted by Gasteiger charge is 2.36. The van der Waals surface area contributed by atoms with Crippen LogP contribution in [0.3, 0.4) is 0 Å². The van der Waals surface area contributed by atoms with Crippen LogP contribution in [0.5, 0.6) is 5.75 Å². The van der Waals surface area contributed by atoms with Crippen LogP contribution in [-0.2, 0) is 20.8 Å². The van der Waals surface area contributed by atoms with Gasteiger partial charge in [-0.1, -0.05) is 6.42 Å². The number of sulfone groups is 1. The Bertz CT molecular complexity index is 1390. The van der Waals surface area contributed by atoms with E-state index >= 15 is 0 Å². The number of aromatic nitrogens is 3. The maximum Gasteiger partial charge on any atom is 0.418 e. The molecule has 0 spiro atoms. The fraction of sp³-hybridized carbons (Fsp3) is 0.478. The molecule has 0 amide bonds. The normalized spacial score (nSPS) is 19.0. The van der Waals surface area contributed by atoms with Crippen molar-refractivity contribution in [3.05, 3.63) is 30.0 Å². The second-order valence-electron chi connectivity index (χ2n) is 9.03. The van der Waals surface area contributed by atoms with Gasteiger partial charge in [0.25, 0.3) is 0 Å². The topological polar surface area (TPSA) is 130 Å². The molecule has 0 bridgehead atoms. The molecule has 10 nitrogen and oxygen atoms in total. The molecule has 1 atom stereocenters. The molecule has 200 valence electrons. The number of H-pyrrole nitrogens is 1. The Labute approximate surface area is 211 Å². The average molecular weight is 541 g/mol. The van der Waals surface area contributed by atoms with Gasteiger partial charge in [-0.15, -0.1) is 0 Å². The highest BCUT2D eigenvalue weighted by molar-refractivity contribution is 7.92. The van der Waals surface area contributed by atoms with E-state index < -0.39 is 27.0 Å². The fourth-order valence-electron chi connectivity index (χ4n) is 4.34. The zero-order chi connectivity index (χ0) is 26.2. The van der Waals surface area contributed by atoms with Crippen LogP contribution in [0.25, 0.3) is 11.0 Å². The monoisotopic (exact) mass is 540 g/mol. The molecular weight excluding hydrogens is 513 g/mol. The molecule has 2 fully saturated rings. The van der Waals surface area contributed by atoms with E-state index in [4.69, 9.17) is 9.47 Å². The minimum absolute atomic E-state index is 0.0149. The van der Waals surface area contributed by atoms with Crippen molar-refractivity contribution in [1.82, 2.24) is 20.3 Å². The molecule has 1 aromatic carbocycles. The van der Waals surface area contributed by atoms with Crippen molar-refractivity contribution in [2.75, 3.05) is 44.0 Å². The van der Waals surface area contributed by atoms with E-state index in [9.17, 15) is 21.6 Å². The molecule has 3 aromatic rings. The maximum atomic E-state index is 13.6. The van der Waals surface area contributed by atoms with Gasteiger partial charge >= 0.3 is 6.18 Å². The first-order chi connectivity index (χ1) is 17.7. The lowest BCUT2D eigenvalue weighted by Crippen LogP contribution is -2.43.